The van der Waals surface area contributed by atoms with E-state index in [1.165, 1.54) is 0 Å². The number of aryl methyl sites for hydroxylation is 2. The monoisotopic (exact) mass is 424 g/mol. The number of nitrogens with zero attached hydrogens (tertiary/aromatic N) is 1. The molecule has 0 spiro atoms. The van der Waals surface area contributed by atoms with E-state index in [1.807, 2.05) is 63.2 Å². The SMILES string of the molecule is Cc1ccccc1CN(C(=O)CCc1ccc2c(c1)OCCO2)[C@@H](C)C(=O)NC(C)C. The molecule has 3 rings (SSSR count). The first-order chi connectivity index (χ1) is 14.8. The topological polar surface area (TPSA) is 67.9 Å². The van der Waals surface area contributed by atoms with Crippen molar-refractivity contribution in [2.24, 2.45) is 0 Å². The van der Waals surface area contributed by atoms with Gasteiger partial charge in [0.05, 0.1) is 0 Å². The van der Waals surface area contributed by atoms with E-state index in [9.17, 15) is 9.59 Å². The highest BCUT2D eigenvalue weighted by Gasteiger charge is 2.26. The van der Waals surface area contributed by atoms with Crippen LogP contribution in [-0.2, 0) is 22.6 Å². The Balaban J connectivity index is 1.73. The first kappa shape index (κ1) is 22.7. The van der Waals surface area contributed by atoms with Crippen LogP contribution in [-0.4, -0.2) is 42.0 Å². The number of carbonyl (C=O) groups excluding carboxylic acids is 2. The summed E-state index contributed by atoms with van der Waals surface area (Å²) in [4.78, 5) is 27.6. The zero-order valence-electron chi connectivity index (χ0n) is 18.8. The molecule has 0 saturated carbocycles. The van der Waals surface area contributed by atoms with Gasteiger partial charge in [0.25, 0.3) is 0 Å². The number of carbonyl (C=O) groups is 2. The zero-order chi connectivity index (χ0) is 22.4. The second-order valence-electron chi connectivity index (χ2n) is 8.27. The van der Waals surface area contributed by atoms with Crippen molar-refractivity contribution in [3.8, 4) is 11.5 Å². The van der Waals surface area contributed by atoms with Crippen LogP contribution >= 0.6 is 0 Å². The molecule has 0 radical (unpaired) electrons. The molecule has 0 fully saturated rings. The lowest BCUT2D eigenvalue weighted by atomic mass is 10.0. The van der Waals surface area contributed by atoms with Crippen molar-refractivity contribution in [1.29, 1.82) is 0 Å². The van der Waals surface area contributed by atoms with Gasteiger partial charge >= 0.3 is 0 Å². The first-order valence-corrected chi connectivity index (χ1v) is 10.9. The third-order valence-electron chi connectivity index (χ3n) is 5.43. The molecule has 6 heteroatoms. The molecule has 1 heterocycles. The second-order valence-corrected chi connectivity index (χ2v) is 8.27. The Kier molecular flexibility index (Phi) is 7.55. The van der Waals surface area contributed by atoms with Crippen molar-refractivity contribution in [1.82, 2.24) is 10.2 Å². The fourth-order valence-electron chi connectivity index (χ4n) is 3.60. The minimum atomic E-state index is -0.560. The van der Waals surface area contributed by atoms with Crippen LogP contribution in [0.25, 0.3) is 0 Å². The number of rotatable bonds is 8. The highest BCUT2D eigenvalue weighted by Crippen LogP contribution is 2.31. The Bertz CT molecular complexity index is 925. The minimum absolute atomic E-state index is 0.0167. The molecule has 1 atom stereocenters. The van der Waals surface area contributed by atoms with E-state index in [2.05, 4.69) is 5.32 Å². The largest absolute Gasteiger partial charge is 0.486 e. The lowest BCUT2D eigenvalue weighted by molar-refractivity contribution is -0.140. The molecule has 2 aromatic rings. The molecule has 0 aromatic heterocycles. The summed E-state index contributed by atoms with van der Waals surface area (Å²) in [6.07, 6.45) is 0.878. The Hall–Kier alpha value is -3.02. The summed E-state index contributed by atoms with van der Waals surface area (Å²) in [7, 11) is 0. The fourth-order valence-corrected chi connectivity index (χ4v) is 3.60. The van der Waals surface area contributed by atoms with Gasteiger partial charge in [-0.2, -0.15) is 0 Å². The van der Waals surface area contributed by atoms with E-state index in [-0.39, 0.29) is 17.9 Å². The van der Waals surface area contributed by atoms with Crippen LogP contribution < -0.4 is 14.8 Å². The van der Waals surface area contributed by atoms with E-state index in [4.69, 9.17) is 9.47 Å². The molecule has 166 valence electrons. The van der Waals surface area contributed by atoms with E-state index in [1.54, 1.807) is 11.8 Å². The lowest BCUT2D eigenvalue weighted by Crippen LogP contribution is -2.49. The summed E-state index contributed by atoms with van der Waals surface area (Å²) in [5.74, 6) is 1.26. The van der Waals surface area contributed by atoms with Gasteiger partial charge in [0, 0.05) is 19.0 Å². The Morgan fingerprint density at radius 3 is 2.45 bits per heavy atom. The van der Waals surface area contributed by atoms with Gasteiger partial charge in [-0.05, 0) is 62.9 Å². The van der Waals surface area contributed by atoms with E-state index in [0.717, 1.165) is 28.2 Å². The quantitative estimate of drug-likeness (QED) is 0.703. The van der Waals surface area contributed by atoms with Gasteiger partial charge in [0.1, 0.15) is 19.3 Å². The lowest BCUT2D eigenvalue weighted by Gasteiger charge is -2.30. The zero-order valence-corrected chi connectivity index (χ0v) is 18.8. The summed E-state index contributed by atoms with van der Waals surface area (Å²) in [6, 6.07) is 13.2. The average Bonchev–Trinajstić information content (AvgIpc) is 2.76. The summed E-state index contributed by atoms with van der Waals surface area (Å²) in [5.41, 5.74) is 3.15. The normalized spacial score (nSPS) is 13.6. The third kappa shape index (κ3) is 6.00. The van der Waals surface area contributed by atoms with Gasteiger partial charge in [-0.3, -0.25) is 9.59 Å². The summed E-state index contributed by atoms with van der Waals surface area (Å²) >= 11 is 0. The van der Waals surface area contributed by atoms with E-state index in [0.29, 0.717) is 32.6 Å². The molecule has 0 unspecified atom stereocenters. The summed E-state index contributed by atoms with van der Waals surface area (Å²) in [6.45, 7) is 9.13. The Morgan fingerprint density at radius 1 is 1.03 bits per heavy atom. The molecule has 6 nitrogen and oxygen atoms in total. The van der Waals surface area contributed by atoms with Crippen LogP contribution in [0.3, 0.4) is 0 Å². The maximum absolute atomic E-state index is 13.2. The van der Waals surface area contributed by atoms with E-state index >= 15 is 0 Å². The highest BCUT2D eigenvalue weighted by molar-refractivity contribution is 5.87. The molecular weight excluding hydrogens is 392 g/mol. The molecule has 0 aliphatic carbocycles. The third-order valence-corrected chi connectivity index (χ3v) is 5.43. The van der Waals surface area contributed by atoms with Gasteiger partial charge in [-0.15, -0.1) is 0 Å². The van der Waals surface area contributed by atoms with Crippen molar-refractivity contribution in [2.75, 3.05) is 13.2 Å². The van der Waals surface area contributed by atoms with Gasteiger partial charge in [0.2, 0.25) is 11.8 Å². The molecular formula is C25H32N2O4. The molecule has 1 aliphatic heterocycles. The van der Waals surface area contributed by atoms with Gasteiger partial charge in [-0.1, -0.05) is 30.3 Å². The smallest absolute Gasteiger partial charge is 0.242 e. The number of ether oxygens (including phenoxy) is 2. The molecule has 2 aromatic carbocycles. The predicted octanol–water partition coefficient (Wildman–Crippen LogP) is 3.64. The van der Waals surface area contributed by atoms with Crippen molar-refractivity contribution >= 4 is 11.8 Å². The van der Waals surface area contributed by atoms with Crippen molar-refractivity contribution < 1.29 is 19.1 Å². The van der Waals surface area contributed by atoms with Crippen molar-refractivity contribution in [3.05, 3.63) is 59.2 Å². The summed E-state index contributed by atoms with van der Waals surface area (Å²) in [5, 5.41) is 2.92. The Morgan fingerprint density at radius 2 is 1.74 bits per heavy atom. The van der Waals surface area contributed by atoms with E-state index < -0.39 is 6.04 Å². The fraction of sp³-hybridized carbons (Fsp3) is 0.440. The van der Waals surface area contributed by atoms with Crippen LogP contribution in [0.1, 0.15) is 43.9 Å². The number of amides is 2. The van der Waals surface area contributed by atoms with Gasteiger partial charge < -0.3 is 19.7 Å². The molecule has 0 bridgehead atoms. The average molecular weight is 425 g/mol. The summed E-state index contributed by atoms with van der Waals surface area (Å²) < 4.78 is 11.2. The van der Waals surface area contributed by atoms with Gasteiger partial charge in [0.15, 0.2) is 11.5 Å². The number of hydrogen-bond acceptors (Lipinski definition) is 4. The van der Waals surface area contributed by atoms with Crippen molar-refractivity contribution in [3.63, 3.8) is 0 Å². The maximum atomic E-state index is 13.2. The first-order valence-electron chi connectivity index (χ1n) is 10.9. The van der Waals surface area contributed by atoms with Crippen LogP contribution in [0.15, 0.2) is 42.5 Å². The Labute approximate surface area is 184 Å². The number of fused-ring (bicyclic) bond motifs is 1. The van der Waals surface area contributed by atoms with Crippen LogP contribution in [0.4, 0.5) is 0 Å². The highest BCUT2D eigenvalue weighted by atomic mass is 16.6. The molecule has 31 heavy (non-hydrogen) atoms. The number of benzene rings is 2. The van der Waals surface area contributed by atoms with Crippen molar-refractivity contribution in [2.45, 2.75) is 59.2 Å². The van der Waals surface area contributed by atoms with Crippen LogP contribution in [0.5, 0.6) is 11.5 Å². The molecule has 0 saturated heterocycles. The number of hydrogen-bond donors (Lipinski definition) is 1. The predicted molar refractivity (Wildman–Crippen MR) is 120 cm³/mol. The van der Waals surface area contributed by atoms with Gasteiger partial charge in [-0.25, -0.2) is 0 Å². The molecule has 2 amide bonds. The van der Waals surface area contributed by atoms with Crippen LogP contribution in [0, 0.1) is 6.92 Å². The second kappa shape index (κ2) is 10.3. The molecule has 1 aliphatic rings. The minimum Gasteiger partial charge on any atom is -0.486 e. The molecule has 1 N–H and O–H groups in total. The van der Waals surface area contributed by atoms with Crippen LogP contribution in [0.2, 0.25) is 0 Å². The standard InChI is InChI=1S/C25H32N2O4/c1-17(2)26-25(29)19(4)27(16-21-8-6-5-7-18(21)3)24(28)12-10-20-9-11-22-23(15-20)31-14-13-30-22/h5-9,11,15,17,19H,10,12-14,16H2,1-4H3,(H,26,29)/t19-/m0/s1. The number of nitrogens with one attached hydrogen (secondary N) is 1. The maximum Gasteiger partial charge on any atom is 0.242 e.